The average Bonchev–Trinajstić information content (AvgIpc) is 2.54. The van der Waals surface area contributed by atoms with Gasteiger partial charge in [0, 0.05) is 52.9 Å². The second kappa shape index (κ2) is 8.75. The van der Waals surface area contributed by atoms with Crippen LogP contribution < -0.4 is 4.72 Å². The highest BCUT2D eigenvalue weighted by molar-refractivity contribution is 7.89. The SMILES string of the molecule is COCCN1CCN(CCNS(=O)(=O)c2ccc(C)cc2)CC1. The molecule has 0 atom stereocenters. The van der Waals surface area contributed by atoms with Gasteiger partial charge in [-0.3, -0.25) is 9.80 Å². The van der Waals surface area contributed by atoms with Gasteiger partial charge in [-0.15, -0.1) is 0 Å². The van der Waals surface area contributed by atoms with Crippen LogP contribution >= 0.6 is 0 Å². The number of piperazine rings is 1. The lowest BCUT2D eigenvalue weighted by Crippen LogP contribution is -2.49. The lowest BCUT2D eigenvalue weighted by atomic mass is 10.2. The van der Waals surface area contributed by atoms with Crippen molar-refractivity contribution in [2.24, 2.45) is 0 Å². The van der Waals surface area contributed by atoms with Gasteiger partial charge in [-0.05, 0) is 19.1 Å². The summed E-state index contributed by atoms with van der Waals surface area (Å²) >= 11 is 0. The van der Waals surface area contributed by atoms with E-state index >= 15 is 0 Å². The normalized spacial score (nSPS) is 17.5. The van der Waals surface area contributed by atoms with Crippen molar-refractivity contribution in [1.29, 1.82) is 0 Å². The monoisotopic (exact) mass is 341 g/mol. The van der Waals surface area contributed by atoms with Crippen molar-refractivity contribution in [3.63, 3.8) is 0 Å². The quantitative estimate of drug-likeness (QED) is 0.748. The van der Waals surface area contributed by atoms with Crippen LogP contribution in [0.25, 0.3) is 0 Å². The Balaban J connectivity index is 1.72. The predicted octanol–water partition coefficient (Wildman–Crippen LogP) is 0.537. The molecule has 0 amide bonds. The maximum atomic E-state index is 12.2. The summed E-state index contributed by atoms with van der Waals surface area (Å²) in [6, 6.07) is 6.92. The molecule has 1 aromatic rings. The summed E-state index contributed by atoms with van der Waals surface area (Å²) in [6.45, 7) is 8.79. The lowest BCUT2D eigenvalue weighted by molar-refractivity contribution is 0.0980. The number of aryl methyl sites for hydroxylation is 1. The Labute approximate surface area is 139 Å². The number of benzene rings is 1. The molecule has 1 N–H and O–H groups in total. The van der Waals surface area contributed by atoms with Gasteiger partial charge in [-0.1, -0.05) is 17.7 Å². The molecule has 0 unspecified atom stereocenters. The van der Waals surface area contributed by atoms with Crippen LogP contribution in [0.5, 0.6) is 0 Å². The predicted molar refractivity (Wildman–Crippen MR) is 91.1 cm³/mol. The summed E-state index contributed by atoms with van der Waals surface area (Å²) in [4.78, 5) is 4.99. The van der Waals surface area contributed by atoms with Gasteiger partial charge in [0.05, 0.1) is 11.5 Å². The molecule has 23 heavy (non-hydrogen) atoms. The summed E-state index contributed by atoms with van der Waals surface area (Å²) in [7, 11) is -1.69. The Hall–Kier alpha value is -0.990. The number of ether oxygens (including phenoxy) is 1. The Bertz CT molecular complexity index is 567. The van der Waals surface area contributed by atoms with Gasteiger partial charge in [0.15, 0.2) is 0 Å². The van der Waals surface area contributed by atoms with E-state index in [4.69, 9.17) is 4.74 Å². The Kier molecular flexibility index (Phi) is 6.98. The van der Waals surface area contributed by atoms with Gasteiger partial charge in [-0.2, -0.15) is 0 Å². The van der Waals surface area contributed by atoms with Gasteiger partial charge >= 0.3 is 0 Å². The summed E-state index contributed by atoms with van der Waals surface area (Å²) in [5.41, 5.74) is 1.05. The number of hydrogen-bond acceptors (Lipinski definition) is 5. The van der Waals surface area contributed by atoms with Crippen LogP contribution in [0.4, 0.5) is 0 Å². The molecular formula is C16H27N3O3S. The Morgan fingerprint density at radius 3 is 2.17 bits per heavy atom. The van der Waals surface area contributed by atoms with Gasteiger partial charge in [0.2, 0.25) is 10.0 Å². The number of methoxy groups -OCH3 is 1. The van der Waals surface area contributed by atoms with Crippen molar-refractivity contribution in [3.8, 4) is 0 Å². The molecule has 1 aromatic carbocycles. The Morgan fingerprint density at radius 2 is 1.61 bits per heavy atom. The first kappa shape index (κ1) is 18.4. The minimum absolute atomic E-state index is 0.326. The Morgan fingerprint density at radius 1 is 1.04 bits per heavy atom. The van der Waals surface area contributed by atoms with Crippen LogP contribution in [-0.4, -0.2) is 77.7 Å². The summed E-state index contributed by atoms with van der Waals surface area (Å²) in [6.07, 6.45) is 0. The number of nitrogens with zero attached hydrogens (tertiary/aromatic N) is 2. The van der Waals surface area contributed by atoms with E-state index in [1.54, 1.807) is 19.2 Å². The molecule has 1 fully saturated rings. The second-order valence-electron chi connectivity index (χ2n) is 5.89. The first-order chi connectivity index (χ1) is 11.0. The molecule has 7 heteroatoms. The minimum Gasteiger partial charge on any atom is -0.383 e. The molecule has 0 aliphatic carbocycles. The zero-order valence-corrected chi connectivity index (χ0v) is 14.8. The van der Waals surface area contributed by atoms with Crippen LogP contribution in [0, 0.1) is 6.92 Å². The lowest BCUT2D eigenvalue weighted by Gasteiger charge is -2.34. The molecule has 2 rings (SSSR count). The fourth-order valence-electron chi connectivity index (χ4n) is 2.60. The van der Waals surface area contributed by atoms with E-state index in [1.165, 1.54) is 0 Å². The maximum absolute atomic E-state index is 12.2. The highest BCUT2D eigenvalue weighted by Crippen LogP contribution is 2.09. The topological polar surface area (TPSA) is 61.9 Å². The van der Waals surface area contributed by atoms with E-state index in [-0.39, 0.29) is 0 Å². The zero-order chi connectivity index (χ0) is 16.7. The van der Waals surface area contributed by atoms with Crippen LogP contribution in [-0.2, 0) is 14.8 Å². The van der Waals surface area contributed by atoms with Gasteiger partial charge in [0.1, 0.15) is 0 Å². The molecule has 130 valence electrons. The van der Waals surface area contributed by atoms with Gasteiger partial charge < -0.3 is 4.74 Å². The number of hydrogen-bond donors (Lipinski definition) is 1. The smallest absolute Gasteiger partial charge is 0.240 e. The van der Waals surface area contributed by atoms with E-state index in [1.807, 2.05) is 19.1 Å². The fourth-order valence-corrected chi connectivity index (χ4v) is 3.62. The second-order valence-corrected chi connectivity index (χ2v) is 7.65. The molecule has 6 nitrogen and oxygen atoms in total. The standard InChI is InChI=1S/C16H27N3O3S/c1-15-3-5-16(6-4-15)23(20,21)17-7-8-18-9-11-19(12-10-18)13-14-22-2/h3-6,17H,7-14H2,1-2H3. The van der Waals surface area contributed by atoms with Crippen LogP contribution in [0.3, 0.4) is 0 Å². The van der Waals surface area contributed by atoms with Crippen molar-refractivity contribution in [2.75, 3.05) is 59.5 Å². The van der Waals surface area contributed by atoms with Gasteiger partial charge in [-0.25, -0.2) is 13.1 Å². The molecule has 0 aromatic heterocycles. The minimum atomic E-state index is -3.40. The van der Waals surface area contributed by atoms with Gasteiger partial charge in [0.25, 0.3) is 0 Å². The molecular weight excluding hydrogens is 314 g/mol. The van der Waals surface area contributed by atoms with Crippen molar-refractivity contribution in [2.45, 2.75) is 11.8 Å². The van der Waals surface area contributed by atoms with Crippen molar-refractivity contribution in [1.82, 2.24) is 14.5 Å². The van der Waals surface area contributed by atoms with Crippen LogP contribution in [0.1, 0.15) is 5.56 Å². The summed E-state index contributed by atoms with van der Waals surface area (Å²) in [5.74, 6) is 0. The molecule has 0 bridgehead atoms. The average molecular weight is 341 g/mol. The van der Waals surface area contributed by atoms with E-state index in [2.05, 4.69) is 14.5 Å². The van der Waals surface area contributed by atoms with E-state index in [0.29, 0.717) is 11.4 Å². The molecule has 1 saturated heterocycles. The zero-order valence-electron chi connectivity index (χ0n) is 14.0. The highest BCUT2D eigenvalue weighted by Gasteiger charge is 2.18. The molecule has 1 aliphatic rings. The third-order valence-electron chi connectivity index (χ3n) is 4.13. The number of nitrogens with one attached hydrogen (secondary N) is 1. The van der Waals surface area contributed by atoms with Crippen LogP contribution in [0.15, 0.2) is 29.2 Å². The first-order valence-electron chi connectivity index (χ1n) is 8.01. The van der Waals surface area contributed by atoms with E-state index in [0.717, 1.165) is 51.4 Å². The molecule has 0 spiro atoms. The highest BCUT2D eigenvalue weighted by atomic mass is 32.2. The first-order valence-corrected chi connectivity index (χ1v) is 9.49. The van der Waals surface area contributed by atoms with E-state index in [9.17, 15) is 8.42 Å². The molecule has 1 heterocycles. The largest absolute Gasteiger partial charge is 0.383 e. The fraction of sp³-hybridized carbons (Fsp3) is 0.625. The number of rotatable bonds is 8. The third-order valence-corrected chi connectivity index (χ3v) is 5.60. The van der Waals surface area contributed by atoms with Crippen molar-refractivity contribution >= 4 is 10.0 Å². The molecule has 1 aliphatic heterocycles. The maximum Gasteiger partial charge on any atom is 0.240 e. The van der Waals surface area contributed by atoms with Crippen molar-refractivity contribution in [3.05, 3.63) is 29.8 Å². The molecule has 0 saturated carbocycles. The molecule has 0 radical (unpaired) electrons. The van der Waals surface area contributed by atoms with Crippen LogP contribution in [0.2, 0.25) is 0 Å². The van der Waals surface area contributed by atoms with E-state index < -0.39 is 10.0 Å². The third kappa shape index (κ3) is 5.86. The summed E-state index contributed by atoms with van der Waals surface area (Å²) in [5, 5.41) is 0. The summed E-state index contributed by atoms with van der Waals surface area (Å²) < 4.78 is 32.2. The number of sulfonamides is 1. The van der Waals surface area contributed by atoms with Crippen molar-refractivity contribution < 1.29 is 13.2 Å².